The van der Waals surface area contributed by atoms with Gasteiger partial charge in [-0.1, -0.05) is 48.0 Å². The summed E-state index contributed by atoms with van der Waals surface area (Å²) in [6.45, 7) is 7.85. The van der Waals surface area contributed by atoms with E-state index < -0.39 is 0 Å². The lowest BCUT2D eigenvalue weighted by Crippen LogP contribution is -2.05. The summed E-state index contributed by atoms with van der Waals surface area (Å²) in [4.78, 5) is 12.3. The van der Waals surface area contributed by atoms with E-state index in [-0.39, 0.29) is 5.78 Å². The molecule has 0 saturated carbocycles. The molecule has 2 aromatic carbocycles. The minimum absolute atomic E-state index is 0.0228. The van der Waals surface area contributed by atoms with Crippen molar-refractivity contribution in [2.24, 2.45) is 0 Å². The molecule has 102 valence electrons. The first-order chi connectivity index (χ1) is 9.47. The van der Waals surface area contributed by atoms with Gasteiger partial charge < -0.3 is 0 Å². The number of allylic oxidation sites excluding steroid dienone is 1. The maximum absolute atomic E-state index is 12.3. The Bertz CT molecular complexity index is 654. The van der Waals surface area contributed by atoms with Gasteiger partial charge in [0.1, 0.15) is 0 Å². The first kappa shape index (κ1) is 14.5. The lowest BCUT2D eigenvalue weighted by atomic mass is 9.97. The molecule has 0 unspecified atom stereocenters. The molecular weight excluding hydrogens is 268 g/mol. The molecule has 0 atom stereocenters. The summed E-state index contributed by atoms with van der Waals surface area (Å²) in [5.74, 6) is -0.0228. The van der Waals surface area contributed by atoms with Gasteiger partial charge in [0.15, 0.2) is 5.78 Å². The van der Waals surface area contributed by atoms with E-state index in [1.165, 1.54) is 5.56 Å². The normalized spacial score (nSPS) is 10.3. The number of hydrogen-bond acceptors (Lipinski definition) is 1. The van der Waals surface area contributed by atoms with Gasteiger partial charge in [-0.2, -0.15) is 0 Å². The predicted molar refractivity (Wildman–Crippen MR) is 84.5 cm³/mol. The molecular formula is C18H17ClO. The van der Waals surface area contributed by atoms with Gasteiger partial charge in [-0.15, -0.1) is 0 Å². The SMILES string of the molecule is C=C(Cc1ccc(C)cc1)C(=O)c1ccc(Cl)c(C)c1. The number of carbonyl (C=O) groups is 1. The van der Waals surface area contributed by atoms with Crippen molar-refractivity contribution in [1.82, 2.24) is 0 Å². The average molecular weight is 285 g/mol. The first-order valence-corrected chi connectivity index (χ1v) is 6.89. The van der Waals surface area contributed by atoms with Crippen LogP contribution in [0, 0.1) is 13.8 Å². The summed E-state index contributed by atoms with van der Waals surface area (Å²) < 4.78 is 0. The van der Waals surface area contributed by atoms with E-state index in [4.69, 9.17) is 11.6 Å². The van der Waals surface area contributed by atoms with Crippen LogP contribution in [0.5, 0.6) is 0 Å². The molecule has 1 nitrogen and oxygen atoms in total. The Kier molecular flexibility index (Phi) is 4.41. The molecule has 2 heteroatoms. The molecule has 0 aliphatic carbocycles. The van der Waals surface area contributed by atoms with E-state index in [1.54, 1.807) is 12.1 Å². The molecule has 0 heterocycles. The highest BCUT2D eigenvalue weighted by molar-refractivity contribution is 6.31. The number of carbonyl (C=O) groups excluding carboxylic acids is 1. The summed E-state index contributed by atoms with van der Waals surface area (Å²) in [6.07, 6.45) is 0.570. The van der Waals surface area contributed by atoms with Crippen LogP contribution in [0.3, 0.4) is 0 Å². The van der Waals surface area contributed by atoms with Crippen LogP contribution >= 0.6 is 11.6 Å². The lowest BCUT2D eigenvalue weighted by Gasteiger charge is -2.07. The predicted octanol–water partition coefficient (Wildman–Crippen LogP) is 4.94. The smallest absolute Gasteiger partial charge is 0.188 e. The van der Waals surface area contributed by atoms with E-state index >= 15 is 0 Å². The minimum Gasteiger partial charge on any atom is -0.289 e. The maximum atomic E-state index is 12.3. The molecule has 0 bridgehead atoms. The number of rotatable bonds is 4. The standard InChI is InChI=1S/C18H17ClO/c1-12-4-6-15(7-5-12)10-14(3)18(20)16-8-9-17(19)13(2)11-16/h4-9,11H,3,10H2,1-2H3. The fourth-order valence-electron chi connectivity index (χ4n) is 2.02. The number of Topliss-reactive ketones (excluding diaryl/α,β-unsaturated/α-hetero) is 1. The monoisotopic (exact) mass is 284 g/mol. The van der Waals surface area contributed by atoms with Crippen LogP contribution in [-0.4, -0.2) is 5.78 Å². The summed E-state index contributed by atoms with van der Waals surface area (Å²) in [7, 11) is 0. The maximum Gasteiger partial charge on any atom is 0.188 e. The van der Waals surface area contributed by atoms with Crippen molar-refractivity contribution in [2.75, 3.05) is 0 Å². The van der Waals surface area contributed by atoms with E-state index in [9.17, 15) is 4.79 Å². The largest absolute Gasteiger partial charge is 0.289 e. The fraction of sp³-hybridized carbons (Fsp3) is 0.167. The van der Waals surface area contributed by atoms with Crippen molar-refractivity contribution in [2.45, 2.75) is 20.3 Å². The Morgan fingerprint density at radius 1 is 1.10 bits per heavy atom. The van der Waals surface area contributed by atoms with E-state index in [0.29, 0.717) is 22.6 Å². The van der Waals surface area contributed by atoms with Gasteiger partial charge in [-0.25, -0.2) is 0 Å². The van der Waals surface area contributed by atoms with Crippen molar-refractivity contribution >= 4 is 17.4 Å². The van der Waals surface area contributed by atoms with Gasteiger partial charge in [-0.05, 0) is 48.7 Å². The molecule has 0 spiro atoms. The Labute approximate surface area is 124 Å². The quantitative estimate of drug-likeness (QED) is 0.574. The van der Waals surface area contributed by atoms with Crippen molar-refractivity contribution in [3.63, 3.8) is 0 Å². The zero-order valence-electron chi connectivity index (χ0n) is 11.7. The fourth-order valence-corrected chi connectivity index (χ4v) is 2.14. The molecule has 2 aromatic rings. The van der Waals surface area contributed by atoms with E-state index in [0.717, 1.165) is 11.1 Å². The topological polar surface area (TPSA) is 17.1 Å². The van der Waals surface area contributed by atoms with Crippen LogP contribution in [-0.2, 0) is 6.42 Å². The molecule has 0 amide bonds. The second-order valence-corrected chi connectivity index (χ2v) is 5.47. The average Bonchev–Trinajstić information content (AvgIpc) is 2.43. The van der Waals surface area contributed by atoms with Crippen molar-refractivity contribution in [3.05, 3.63) is 81.9 Å². The lowest BCUT2D eigenvalue weighted by molar-refractivity contribution is 0.103. The van der Waals surface area contributed by atoms with Gasteiger partial charge in [-0.3, -0.25) is 4.79 Å². The molecule has 0 saturated heterocycles. The van der Waals surface area contributed by atoms with Crippen molar-refractivity contribution < 1.29 is 4.79 Å². The van der Waals surface area contributed by atoms with Gasteiger partial charge in [0.05, 0.1) is 0 Å². The molecule has 0 aliphatic heterocycles. The summed E-state index contributed by atoms with van der Waals surface area (Å²) >= 11 is 5.98. The number of aryl methyl sites for hydroxylation is 2. The molecule has 2 rings (SSSR count). The van der Waals surface area contributed by atoms with Gasteiger partial charge in [0.2, 0.25) is 0 Å². The second-order valence-electron chi connectivity index (χ2n) is 5.06. The van der Waals surface area contributed by atoms with Gasteiger partial charge >= 0.3 is 0 Å². The highest BCUT2D eigenvalue weighted by atomic mass is 35.5. The van der Waals surface area contributed by atoms with Crippen LogP contribution < -0.4 is 0 Å². The summed E-state index contributed by atoms with van der Waals surface area (Å²) in [5, 5.41) is 0.672. The van der Waals surface area contributed by atoms with Crippen LogP contribution in [0.15, 0.2) is 54.6 Å². The van der Waals surface area contributed by atoms with E-state index in [1.807, 2.05) is 44.2 Å². The molecule has 0 radical (unpaired) electrons. The molecule has 0 aromatic heterocycles. The zero-order chi connectivity index (χ0) is 14.7. The van der Waals surface area contributed by atoms with Crippen molar-refractivity contribution in [1.29, 1.82) is 0 Å². The van der Waals surface area contributed by atoms with Crippen LogP contribution in [0.25, 0.3) is 0 Å². The first-order valence-electron chi connectivity index (χ1n) is 6.51. The summed E-state index contributed by atoms with van der Waals surface area (Å²) in [5.41, 5.74) is 4.44. The molecule has 0 aliphatic rings. The third kappa shape index (κ3) is 3.37. The van der Waals surface area contributed by atoms with Gasteiger partial charge in [0.25, 0.3) is 0 Å². The highest BCUT2D eigenvalue weighted by Crippen LogP contribution is 2.19. The van der Waals surface area contributed by atoms with Crippen molar-refractivity contribution in [3.8, 4) is 0 Å². The molecule has 20 heavy (non-hydrogen) atoms. The van der Waals surface area contributed by atoms with Crippen LogP contribution in [0.4, 0.5) is 0 Å². The number of ketones is 1. The third-order valence-electron chi connectivity index (χ3n) is 3.28. The molecule has 0 N–H and O–H groups in total. The van der Waals surface area contributed by atoms with Crippen LogP contribution in [0.2, 0.25) is 5.02 Å². The number of benzene rings is 2. The van der Waals surface area contributed by atoms with Crippen LogP contribution in [0.1, 0.15) is 27.0 Å². The van der Waals surface area contributed by atoms with Gasteiger partial charge in [0, 0.05) is 17.0 Å². The molecule has 0 fully saturated rings. The number of halogens is 1. The number of hydrogen-bond donors (Lipinski definition) is 0. The Morgan fingerprint density at radius 3 is 2.35 bits per heavy atom. The summed E-state index contributed by atoms with van der Waals surface area (Å²) in [6, 6.07) is 13.5. The Hall–Kier alpha value is -1.86. The highest BCUT2D eigenvalue weighted by Gasteiger charge is 2.11. The van der Waals surface area contributed by atoms with E-state index in [2.05, 4.69) is 6.58 Å². The zero-order valence-corrected chi connectivity index (χ0v) is 12.5. The Balaban J connectivity index is 2.14. The minimum atomic E-state index is -0.0228. The second kappa shape index (κ2) is 6.06. The Morgan fingerprint density at radius 2 is 1.75 bits per heavy atom. The third-order valence-corrected chi connectivity index (χ3v) is 3.70.